The van der Waals surface area contributed by atoms with Gasteiger partial charge in [0.05, 0.1) is 11.8 Å². The van der Waals surface area contributed by atoms with Gasteiger partial charge in [0.2, 0.25) is 5.95 Å². The molecule has 5 rings (SSSR count). The number of hydrogen-bond acceptors (Lipinski definition) is 7. The quantitative estimate of drug-likeness (QED) is 0.387. The molecular formula is C20H18ClF2N7OS. The van der Waals surface area contributed by atoms with Crippen LogP contribution in [0.15, 0.2) is 24.5 Å². The molecule has 0 aliphatic carbocycles. The van der Waals surface area contributed by atoms with Crippen molar-refractivity contribution in [1.82, 2.24) is 29.4 Å². The molecule has 1 aliphatic heterocycles. The molecule has 4 aromatic rings. The van der Waals surface area contributed by atoms with Crippen LogP contribution in [0.1, 0.15) is 41.0 Å². The van der Waals surface area contributed by atoms with Crippen LogP contribution in [0.2, 0.25) is 4.34 Å². The Morgan fingerprint density at radius 1 is 1.28 bits per heavy atom. The first-order chi connectivity index (χ1) is 15.4. The summed E-state index contributed by atoms with van der Waals surface area (Å²) < 4.78 is 29.2. The van der Waals surface area contributed by atoms with Gasteiger partial charge in [0.25, 0.3) is 6.43 Å². The highest BCUT2D eigenvalue weighted by molar-refractivity contribution is 7.19. The van der Waals surface area contributed by atoms with E-state index in [2.05, 4.69) is 25.1 Å². The van der Waals surface area contributed by atoms with Crippen molar-refractivity contribution in [2.45, 2.75) is 25.7 Å². The van der Waals surface area contributed by atoms with E-state index in [-0.39, 0.29) is 27.2 Å². The van der Waals surface area contributed by atoms with Crippen molar-refractivity contribution >= 4 is 40.3 Å². The number of carbonyl (C=O) groups is 1. The largest absolute Gasteiger partial charge is 0.340 e. The fourth-order valence-electron chi connectivity index (χ4n) is 3.83. The van der Waals surface area contributed by atoms with E-state index in [9.17, 15) is 13.6 Å². The molecule has 8 nitrogen and oxygen atoms in total. The molecule has 4 aromatic heterocycles. The van der Waals surface area contributed by atoms with Crippen LogP contribution in [0, 0.1) is 0 Å². The van der Waals surface area contributed by atoms with E-state index in [1.165, 1.54) is 10.9 Å². The third-order valence-corrected chi connectivity index (χ3v) is 6.71. The van der Waals surface area contributed by atoms with Crippen molar-refractivity contribution in [2.75, 3.05) is 18.0 Å². The Balaban J connectivity index is 1.42. The lowest BCUT2D eigenvalue weighted by atomic mass is 10.1. The van der Waals surface area contributed by atoms with E-state index in [0.29, 0.717) is 17.2 Å². The third-order valence-electron chi connectivity index (χ3n) is 5.39. The van der Waals surface area contributed by atoms with Crippen LogP contribution in [0.4, 0.5) is 14.7 Å². The summed E-state index contributed by atoms with van der Waals surface area (Å²) in [7, 11) is 1.63. The van der Waals surface area contributed by atoms with E-state index >= 15 is 0 Å². The molecule has 0 atom stereocenters. The summed E-state index contributed by atoms with van der Waals surface area (Å²) in [6.07, 6.45) is 2.79. The van der Waals surface area contributed by atoms with Crippen molar-refractivity contribution in [3.8, 4) is 10.6 Å². The number of anilines is 1. The molecule has 0 saturated carbocycles. The molecule has 0 spiro atoms. The number of hydrogen-bond donors (Lipinski definition) is 0. The summed E-state index contributed by atoms with van der Waals surface area (Å²) in [6.45, 7) is 1.89. The molecular weight excluding hydrogens is 460 g/mol. The number of rotatable bonds is 6. The first-order valence-electron chi connectivity index (χ1n) is 10.0. The zero-order valence-electron chi connectivity index (χ0n) is 17.0. The Morgan fingerprint density at radius 3 is 2.78 bits per heavy atom. The van der Waals surface area contributed by atoms with Crippen LogP contribution in [-0.4, -0.2) is 48.2 Å². The molecule has 1 saturated heterocycles. The Kier molecular flexibility index (Phi) is 5.38. The van der Waals surface area contributed by atoms with E-state index in [4.69, 9.17) is 11.6 Å². The molecule has 32 heavy (non-hydrogen) atoms. The predicted molar refractivity (Wildman–Crippen MR) is 117 cm³/mol. The van der Waals surface area contributed by atoms with E-state index < -0.39 is 12.1 Å². The van der Waals surface area contributed by atoms with E-state index in [0.717, 1.165) is 42.8 Å². The fourth-order valence-corrected chi connectivity index (χ4v) is 4.99. The Morgan fingerprint density at radius 2 is 2.06 bits per heavy atom. The maximum absolute atomic E-state index is 13.2. The number of halogens is 3. The molecule has 1 aliphatic rings. The van der Waals surface area contributed by atoms with Gasteiger partial charge in [-0.1, -0.05) is 11.6 Å². The first kappa shape index (κ1) is 21.0. The number of aromatic nitrogens is 6. The summed E-state index contributed by atoms with van der Waals surface area (Å²) in [5.41, 5.74) is 1.61. The molecule has 0 amide bonds. The Bertz CT molecular complexity index is 1310. The zero-order chi connectivity index (χ0) is 22.4. The standard InChI is InChI=1S/C20H18ClF2N7OS/c1-28-16(12(10-24-28)19-26-15(18(22)23)17(21)32-19)13(31)8-11-4-7-30-14(9-11)25-20(27-30)29-5-2-3-6-29/h4,7,9-10,18H,2-3,5-6,8H2,1H3. The van der Waals surface area contributed by atoms with Crippen molar-refractivity contribution in [2.24, 2.45) is 7.05 Å². The molecule has 0 radical (unpaired) electrons. The lowest BCUT2D eigenvalue weighted by Gasteiger charge is -2.10. The number of aryl methyl sites for hydroxylation is 1. The second kappa shape index (κ2) is 8.21. The molecule has 12 heteroatoms. The lowest BCUT2D eigenvalue weighted by molar-refractivity contribution is 0.0984. The summed E-state index contributed by atoms with van der Waals surface area (Å²) in [4.78, 5) is 23.8. The maximum Gasteiger partial charge on any atom is 0.282 e. The minimum Gasteiger partial charge on any atom is -0.340 e. The molecule has 0 aromatic carbocycles. The lowest BCUT2D eigenvalue weighted by Crippen LogP contribution is -2.19. The highest BCUT2D eigenvalue weighted by atomic mass is 35.5. The van der Waals surface area contributed by atoms with Gasteiger partial charge in [-0.2, -0.15) is 10.1 Å². The van der Waals surface area contributed by atoms with Crippen LogP contribution in [-0.2, 0) is 13.5 Å². The summed E-state index contributed by atoms with van der Waals surface area (Å²) >= 11 is 6.81. The van der Waals surface area contributed by atoms with Gasteiger partial charge < -0.3 is 4.90 Å². The average molecular weight is 478 g/mol. The van der Waals surface area contributed by atoms with Gasteiger partial charge in [0.15, 0.2) is 11.4 Å². The number of carbonyl (C=O) groups excluding carboxylic acids is 1. The fraction of sp³-hybridized carbons (Fsp3) is 0.350. The SMILES string of the molecule is Cn1ncc(-c2nc(C(F)F)c(Cl)s2)c1C(=O)Cc1ccn2nc(N3CCCC3)nc2c1. The molecule has 0 N–H and O–H groups in total. The molecule has 5 heterocycles. The number of nitrogens with zero attached hydrogens (tertiary/aromatic N) is 7. The summed E-state index contributed by atoms with van der Waals surface area (Å²) in [6, 6.07) is 3.65. The van der Waals surface area contributed by atoms with Crippen LogP contribution < -0.4 is 4.90 Å². The smallest absolute Gasteiger partial charge is 0.282 e. The minimum absolute atomic E-state index is 0.0930. The van der Waals surface area contributed by atoms with Crippen molar-refractivity contribution < 1.29 is 13.6 Å². The van der Waals surface area contributed by atoms with E-state index in [1.807, 2.05) is 12.1 Å². The number of Topliss-reactive ketones (excluding diaryl/α,β-unsaturated/α-hetero) is 1. The topological polar surface area (TPSA) is 81.2 Å². The number of fused-ring (bicyclic) bond motifs is 1. The second-order valence-electron chi connectivity index (χ2n) is 7.55. The van der Waals surface area contributed by atoms with Crippen LogP contribution in [0.3, 0.4) is 0 Å². The Hall–Kier alpha value is -2.92. The number of pyridine rings is 1. The van der Waals surface area contributed by atoms with E-state index in [1.54, 1.807) is 17.8 Å². The van der Waals surface area contributed by atoms with Crippen molar-refractivity contribution in [3.05, 3.63) is 45.8 Å². The number of alkyl halides is 2. The highest BCUT2D eigenvalue weighted by Crippen LogP contribution is 2.37. The molecule has 0 bridgehead atoms. The summed E-state index contributed by atoms with van der Waals surface area (Å²) in [5, 5.41) is 8.89. The maximum atomic E-state index is 13.2. The zero-order valence-corrected chi connectivity index (χ0v) is 18.6. The molecule has 166 valence electrons. The van der Waals surface area contributed by atoms with Gasteiger partial charge in [-0.3, -0.25) is 9.48 Å². The highest BCUT2D eigenvalue weighted by Gasteiger charge is 2.25. The number of thiazole rings is 1. The summed E-state index contributed by atoms with van der Waals surface area (Å²) in [5.74, 6) is 0.476. The van der Waals surface area contributed by atoms with Crippen LogP contribution in [0.25, 0.3) is 16.2 Å². The van der Waals surface area contributed by atoms with Crippen LogP contribution >= 0.6 is 22.9 Å². The molecule has 1 fully saturated rings. The van der Waals surface area contributed by atoms with Gasteiger partial charge >= 0.3 is 0 Å². The minimum atomic E-state index is -2.79. The number of ketones is 1. The average Bonchev–Trinajstić information content (AvgIpc) is 3.52. The van der Waals surface area contributed by atoms with Gasteiger partial charge in [-0.25, -0.2) is 18.3 Å². The van der Waals surface area contributed by atoms with Gasteiger partial charge in [0, 0.05) is 32.8 Å². The second-order valence-corrected chi connectivity index (χ2v) is 9.15. The predicted octanol–water partition coefficient (Wildman–Crippen LogP) is 4.20. The van der Waals surface area contributed by atoms with Gasteiger partial charge in [0.1, 0.15) is 20.7 Å². The first-order valence-corrected chi connectivity index (χ1v) is 11.2. The van der Waals surface area contributed by atoms with Crippen molar-refractivity contribution in [3.63, 3.8) is 0 Å². The monoisotopic (exact) mass is 477 g/mol. The Labute approximate surface area is 190 Å². The van der Waals surface area contributed by atoms with Gasteiger partial charge in [-0.15, -0.1) is 16.4 Å². The molecule has 0 unspecified atom stereocenters. The third kappa shape index (κ3) is 3.75. The van der Waals surface area contributed by atoms with Crippen LogP contribution in [0.5, 0.6) is 0 Å². The normalized spacial score (nSPS) is 14.2. The van der Waals surface area contributed by atoms with Gasteiger partial charge in [-0.05, 0) is 30.5 Å². The van der Waals surface area contributed by atoms with Crippen molar-refractivity contribution in [1.29, 1.82) is 0 Å².